The Labute approximate surface area is 62.6 Å². The van der Waals surface area contributed by atoms with E-state index < -0.39 is 0 Å². The summed E-state index contributed by atoms with van der Waals surface area (Å²) in [5, 5.41) is 9.79. The van der Waals surface area contributed by atoms with Crippen molar-refractivity contribution in [3.8, 4) is 0 Å². The van der Waals surface area contributed by atoms with Crippen LogP contribution in [0.15, 0.2) is 0 Å². The van der Waals surface area contributed by atoms with Crippen LogP contribution in [-0.2, 0) is 0 Å². The Morgan fingerprint density at radius 1 is 1.10 bits per heavy atom. The summed E-state index contributed by atoms with van der Waals surface area (Å²) in [6.45, 7) is 0. The van der Waals surface area contributed by atoms with Gasteiger partial charge < -0.3 is 16.0 Å². The zero-order chi connectivity index (χ0) is 7.61. The van der Waals surface area contributed by atoms with Gasteiger partial charge in [-0.1, -0.05) is 0 Å². The summed E-state index contributed by atoms with van der Waals surface area (Å²) in [6.07, 6.45) is 2.96. The summed E-state index contributed by atoms with van der Waals surface area (Å²) in [6, 6.07) is 0. The van der Waals surface area contributed by atoms with Gasteiger partial charge in [0.25, 0.3) is 0 Å². The third-order valence-corrected chi connectivity index (χ3v) is 2.42. The topological polar surface area (TPSA) is 36.1 Å². The standard InChI is InChI=1S/C7H17N3/c1-8-6(9-2)7(10-3)4-5-7/h6,8-10H,4-5H2,1-3H3. The number of hydrogen-bond donors (Lipinski definition) is 3. The van der Waals surface area contributed by atoms with Crippen LogP contribution in [-0.4, -0.2) is 32.8 Å². The molecule has 0 atom stereocenters. The molecular weight excluding hydrogens is 126 g/mol. The molecule has 0 aliphatic heterocycles. The molecule has 1 fully saturated rings. The highest BCUT2D eigenvalue weighted by Gasteiger charge is 2.46. The average Bonchev–Trinajstić information content (AvgIpc) is 2.72. The van der Waals surface area contributed by atoms with Gasteiger partial charge in [-0.15, -0.1) is 0 Å². The van der Waals surface area contributed by atoms with Crippen LogP contribution in [0.4, 0.5) is 0 Å². The first-order valence-electron chi connectivity index (χ1n) is 3.82. The lowest BCUT2D eigenvalue weighted by atomic mass is 10.2. The van der Waals surface area contributed by atoms with E-state index in [4.69, 9.17) is 0 Å². The summed E-state index contributed by atoms with van der Waals surface area (Å²) in [4.78, 5) is 0. The number of nitrogens with one attached hydrogen (secondary N) is 3. The van der Waals surface area contributed by atoms with Crippen molar-refractivity contribution in [2.45, 2.75) is 24.5 Å². The monoisotopic (exact) mass is 143 g/mol. The van der Waals surface area contributed by atoms with Crippen molar-refractivity contribution in [1.29, 1.82) is 0 Å². The zero-order valence-corrected chi connectivity index (χ0v) is 6.99. The molecule has 0 saturated heterocycles. The first-order valence-corrected chi connectivity index (χ1v) is 3.82. The molecule has 3 heteroatoms. The van der Waals surface area contributed by atoms with Crippen LogP contribution in [0.5, 0.6) is 0 Å². The van der Waals surface area contributed by atoms with Gasteiger partial charge in [0.05, 0.1) is 6.17 Å². The second-order valence-corrected chi connectivity index (χ2v) is 2.92. The smallest absolute Gasteiger partial charge is 0.0754 e. The molecule has 0 unspecified atom stereocenters. The Morgan fingerprint density at radius 3 is 1.70 bits per heavy atom. The van der Waals surface area contributed by atoms with Crippen molar-refractivity contribution >= 4 is 0 Å². The fourth-order valence-corrected chi connectivity index (χ4v) is 1.51. The summed E-state index contributed by atoms with van der Waals surface area (Å²) < 4.78 is 0. The van der Waals surface area contributed by atoms with Crippen LogP contribution in [0.2, 0.25) is 0 Å². The highest BCUT2D eigenvalue weighted by molar-refractivity contribution is 5.07. The van der Waals surface area contributed by atoms with Gasteiger partial charge in [0.2, 0.25) is 0 Å². The normalized spacial score (nSPS) is 21.6. The molecule has 0 radical (unpaired) electrons. The predicted octanol–water partition coefficient (Wildman–Crippen LogP) is -0.497. The van der Waals surface area contributed by atoms with Gasteiger partial charge >= 0.3 is 0 Å². The summed E-state index contributed by atoms with van der Waals surface area (Å²) in [5.74, 6) is 0. The molecule has 0 heterocycles. The maximum Gasteiger partial charge on any atom is 0.0754 e. The van der Waals surface area contributed by atoms with Crippen LogP contribution in [0.1, 0.15) is 12.8 Å². The molecule has 0 aromatic carbocycles. The third kappa shape index (κ3) is 1.17. The van der Waals surface area contributed by atoms with E-state index in [1.807, 2.05) is 21.1 Å². The van der Waals surface area contributed by atoms with Gasteiger partial charge in [-0.25, -0.2) is 0 Å². The zero-order valence-electron chi connectivity index (χ0n) is 6.99. The lowest BCUT2D eigenvalue weighted by Crippen LogP contribution is -2.54. The fraction of sp³-hybridized carbons (Fsp3) is 1.00. The van der Waals surface area contributed by atoms with Gasteiger partial charge in [-0.05, 0) is 34.0 Å². The van der Waals surface area contributed by atoms with Crippen LogP contribution in [0, 0.1) is 0 Å². The van der Waals surface area contributed by atoms with Crippen molar-refractivity contribution in [2.75, 3.05) is 21.1 Å². The molecule has 1 saturated carbocycles. The van der Waals surface area contributed by atoms with E-state index in [0.717, 1.165) is 0 Å². The lowest BCUT2D eigenvalue weighted by Gasteiger charge is -2.25. The summed E-state index contributed by atoms with van der Waals surface area (Å²) >= 11 is 0. The molecule has 3 N–H and O–H groups in total. The highest BCUT2D eigenvalue weighted by atomic mass is 15.2. The molecule has 1 aliphatic carbocycles. The Kier molecular flexibility index (Phi) is 2.28. The van der Waals surface area contributed by atoms with Crippen LogP contribution >= 0.6 is 0 Å². The number of likely N-dealkylation sites (N-methyl/N-ethyl adjacent to an activating group) is 3. The largest absolute Gasteiger partial charge is 0.312 e. The SMILES string of the molecule is CNC(NC)C1(NC)CC1. The third-order valence-electron chi connectivity index (χ3n) is 2.42. The second kappa shape index (κ2) is 2.86. The van der Waals surface area contributed by atoms with E-state index in [0.29, 0.717) is 11.7 Å². The number of rotatable bonds is 4. The van der Waals surface area contributed by atoms with Gasteiger partial charge in [0, 0.05) is 5.54 Å². The van der Waals surface area contributed by atoms with Crippen molar-refractivity contribution in [2.24, 2.45) is 0 Å². The Bertz CT molecular complexity index is 105. The van der Waals surface area contributed by atoms with E-state index in [1.54, 1.807) is 0 Å². The van der Waals surface area contributed by atoms with Crippen molar-refractivity contribution in [3.63, 3.8) is 0 Å². The molecule has 10 heavy (non-hydrogen) atoms. The molecular formula is C7H17N3. The molecule has 0 amide bonds. The Balaban J connectivity index is 2.43. The van der Waals surface area contributed by atoms with Gasteiger partial charge in [0.1, 0.15) is 0 Å². The van der Waals surface area contributed by atoms with Gasteiger partial charge in [-0.2, -0.15) is 0 Å². The van der Waals surface area contributed by atoms with Crippen LogP contribution in [0.25, 0.3) is 0 Å². The van der Waals surface area contributed by atoms with Crippen LogP contribution in [0.3, 0.4) is 0 Å². The van der Waals surface area contributed by atoms with E-state index in [1.165, 1.54) is 12.8 Å². The van der Waals surface area contributed by atoms with Crippen LogP contribution < -0.4 is 16.0 Å². The molecule has 0 aromatic heterocycles. The quantitative estimate of drug-likeness (QED) is 0.464. The van der Waals surface area contributed by atoms with Gasteiger partial charge in [0.15, 0.2) is 0 Å². The van der Waals surface area contributed by atoms with E-state index >= 15 is 0 Å². The van der Waals surface area contributed by atoms with E-state index in [9.17, 15) is 0 Å². The fourth-order valence-electron chi connectivity index (χ4n) is 1.51. The van der Waals surface area contributed by atoms with Crippen molar-refractivity contribution in [1.82, 2.24) is 16.0 Å². The summed E-state index contributed by atoms with van der Waals surface area (Å²) in [7, 11) is 5.99. The first kappa shape index (κ1) is 7.98. The lowest BCUT2D eigenvalue weighted by molar-refractivity contribution is 0.350. The number of hydrogen-bond acceptors (Lipinski definition) is 3. The molecule has 3 nitrogen and oxygen atoms in total. The minimum absolute atomic E-state index is 0.337. The second-order valence-electron chi connectivity index (χ2n) is 2.92. The van der Waals surface area contributed by atoms with Gasteiger partial charge in [-0.3, -0.25) is 0 Å². The van der Waals surface area contributed by atoms with E-state index in [2.05, 4.69) is 16.0 Å². The molecule has 1 rings (SSSR count). The molecule has 1 aliphatic rings. The predicted molar refractivity (Wildman–Crippen MR) is 42.9 cm³/mol. The van der Waals surface area contributed by atoms with Crippen molar-refractivity contribution in [3.05, 3.63) is 0 Å². The van der Waals surface area contributed by atoms with Crippen molar-refractivity contribution < 1.29 is 0 Å². The first-order chi connectivity index (χ1) is 4.79. The molecule has 0 bridgehead atoms. The van der Waals surface area contributed by atoms with E-state index in [-0.39, 0.29) is 0 Å². The minimum atomic E-state index is 0.337. The average molecular weight is 143 g/mol. The molecule has 60 valence electrons. The Hall–Kier alpha value is -0.120. The Morgan fingerprint density at radius 2 is 1.60 bits per heavy atom. The maximum absolute atomic E-state index is 3.33. The molecule has 0 spiro atoms. The maximum atomic E-state index is 3.33. The minimum Gasteiger partial charge on any atom is -0.312 e. The highest BCUT2D eigenvalue weighted by Crippen LogP contribution is 2.36. The molecule has 0 aromatic rings. The summed E-state index contributed by atoms with van der Waals surface area (Å²) in [5.41, 5.74) is 0.337.